The smallest absolute Gasteiger partial charge is 0.475 e. The minimum Gasteiger partial charge on any atom is -0.475 e. The number of sulfonamides is 1. The van der Waals surface area contributed by atoms with Gasteiger partial charge < -0.3 is 31.7 Å². The van der Waals surface area contributed by atoms with Crippen molar-refractivity contribution in [3.05, 3.63) is 64.1 Å². The summed E-state index contributed by atoms with van der Waals surface area (Å²) < 4.78 is 58.9. The number of carboxylic acid groups (broad SMARTS) is 1. The van der Waals surface area contributed by atoms with Gasteiger partial charge in [-0.25, -0.2) is 13.2 Å². The monoisotopic (exact) mass is 536 g/mol. The van der Waals surface area contributed by atoms with Crippen LogP contribution in [0.3, 0.4) is 0 Å². The van der Waals surface area contributed by atoms with Gasteiger partial charge in [0.25, 0.3) is 5.56 Å². The number of nitrogens with zero attached hydrogens (tertiary/aromatic N) is 1. The molecule has 8 N–H and O–H groups in total. The molecule has 2 rings (SSSR count). The van der Waals surface area contributed by atoms with E-state index in [1.54, 1.807) is 30.3 Å². The standard InChI is InChI=1S/C17H22N6O5S.C2HF3O2/c18-17(19)22-28-9-8-20-14(24)10-13-6-7-21-16(25)15(13)23-29(26,27)11-12-4-2-1-3-5-12;3-2(4,5)1(6)7/h1-7,23H,8-11H2,(H,20,24)(H,21,25)(H4,18,19,22);(H,6,7). The lowest BCUT2D eigenvalue weighted by Gasteiger charge is -2.12. The van der Waals surface area contributed by atoms with Crippen molar-refractivity contribution in [1.29, 1.82) is 0 Å². The number of oxime groups is 1. The fourth-order valence-corrected chi connectivity index (χ4v) is 3.59. The number of aliphatic carboxylic acids is 1. The van der Waals surface area contributed by atoms with E-state index in [1.807, 2.05) is 0 Å². The molecule has 1 amide bonds. The molecule has 13 nitrogen and oxygen atoms in total. The summed E-state index contributed by atoms with van der Waals surface area (Å²) in [6, 6.07) is 9.97. The Balaban J connectivity index is 0.000000809. The number of carbonyl (C=O) groups is 2. The topological polar surface area (TPSA) is 219 Å². The van der Waals surface area contributed by atoms with Crippen LogP contribution < -0.4 is 27.1 Å². The second-order valence-electron chi connectivity index (χ2n) is 6.73. The molecule has 0 atom stereocenters. The first-order valence-corrected chi connectivity index (χ1v) is 11.4. The van der Waals surface area contributed by atoms with Gasteiger partial charge in [-0.05, 0) is 22.3 Å². The number of nitrogens with one attached hydrogen (secondary N) is 3. The molecule has 0 aliphatic carbocycles. The molecule has 0 aliphatic heterocycles. The number of aromatic nitrogens is 1. The van der Waals surface area contributed by atoms with E-state index in [0.29, 0.717) is 5.56 Å². The van der Waals surface area contributed by atoms with Crippen LogP contribution in [-0.4, -0.2) is 55.7 Å². The van der Waals surface area contributed by atoms with Crippen molar-refractivity contribution in [2.75, 3.05) is 17.9 Å². The van der Waals surface area contributed by atoms with Crippen LogP contribution in [0.15, 0.2) is 52.5 Å². The Morgan fingerprint density at radius 2 is 1.75 bits per heavy atom. The van der Waals surface area contributed by atoms with Crippen molar-refractivity contribution in [3.8, 4) is 0 Å². The molecule has 0 radical (unpaired) electrons. The summed E-state index contributed by atoms with van der Waals surface area (Å²) in [5.74, 6) is -3.75. The van der Waals surface area contributed by atoms with Crippen LogP contribution in [0.2, 0.25) is 0 Å². The van der Waals surface area contributed by atoms with Crippen LogP contribution in [0.1, 0.15) is 11.1 Å². The molecule has 0 aliphatic rings. The number of hydrogen-bond donors (Lipinski definition) is 6. The molecule has 198 valence electrons. The van der Waals surface area contributed by atoms with Crippen LogP contribution in [-0.2, 0) is 36.6 Å². The Morgan fingerprint density at radius 3 is 2.31 bits per heavy atom. The van der Waals surface area contributed by atoms with E-state index in [2.05, 4.69) is 20.2 Å². The molecule has 0 saturated heterocycles. The number of carboxylic acids is 1. The zero-order valence-electron chi connectivity index (χ0n) is 18.4. The van der Waals surface area contributed by atoms with Crippen LogP contribution in [0.25, 0.3) is 0 Å². The lowest BCUT2D eigenvalue weighted by atomic mass is 10.1. The zero-order chi connectivity index (χ0) is 27.4. The van der Waals surface area contributed by atoms with Crippen LogP contribution in [0.4, 0.5) is 18.9 Å². The summed E-state index contributed by atoms with van der Waals surface area (Å²) in [5.41, 5.74) is 10.1. The van der Waals surface area contributed by atoms with Crippen LogP contribution in [0, 0.1) is 0 Å². The first-order chi connectivity index (χ1) is 16.7. The van der Waals surface area contributed by atoms with Gasteiger partial charge in [-0.15, -0.1) is 0 Å². The zero-order valence-corrected chi connectivity index (χ0v) is 19.2. The molecule has 0 fully saturated rings. The van der Waals surface area contributed by atoms with E-state index in [4.69, 9.17) is 26.2 Å². The fourth-order valence-electron chi connectivity index (χ4n) is 2.36. The maximum absolute atomic E-state index is 12.4. The Kier molecular flexibility index (Phi) is 11.2. The second-order valence-corrected chi connectivity index (χ2v) is 8.46. The van der Waals surface area contributed by atoms with Crippen molar-refractivity contribution in [2.24, 2.45) is 16.6 Å². The predicted molar refractivity (Wildman–Crippen MR) is 122 cm³/mol. The van der Waals surface area contributed by atoms with Crippen molar-refractivity contribution in [3.63, 3.8) is 0 Å². The van der Waals surface area contributed by atoms with Crippen molar-refractivity contribution >= 4 is 33.5 Å². The number of hydrogen-bond acceptors (Lipinski definition) is 7. The second kappa shape index (κ2) is 13.6. The summed E-state index contributed by atoms with van der Waals surface area (Å²) in [4.78, 5) is 40.3. The van der Waals surface area contributed by atoms with Crippen molar-refractivity contribution < 1.29 is 41.1 Å². The van der Waals surface area contributed by atoms with Gasteiger partial charge in [-0.3, -0.25) is 14.3 Å². The molecule has 1 aromatic carbocycles. The number of pyridine rings is 1. The normalized spacial score (nSPS) is 10.9. The number of carbonyl (C=O) groups excluding carboxylic acids is 1. The minimum atomic E-state index is -5.08. The highest BCUT2D eigenvalue weighted by Crippen LogP contribution is 2.15. The summed E-state index contributed by atoms with van der Waals surface area (Å²) >= 11 is 0. The molecule has 0 saturated carbocycles. The molecule has 2 aromatic rings. The number of anilines is 1. The molecule has 36 heavy (non-hydrogen) atoms. The number of alkyl halides is 3. The summed E-state index contributed by atoms with van der Waals surface area (Å²) in [7, 11) is -3.86. The van der Waals surface area contributed by atoms with E-state index in [0.717, 1.165) is 0 Å². The molecule has 17 heteroatoms. The van der Waals surface area contributed by atoms with Gasteiger partial charge in [0.2, 0.25) is 21.9 Å². The summed E-state index contributed by atoms with van der Waals surface area (Å²) in [6.07, 6.45) is -3.96. The Hall–Kier alpha value is -4.28. The quantitative estimate of drug-likeness (QED) is 0.102. The van der Waals surface area contributed by atoms with E-state index in [-0.39, 0.29) is 42.5 Å². The van der Waals surface area contributed by atoms with E-state index >= 15 is 0 Å². The summed E-state index contributed by atoms with van der Waals surface area (Å²) in [6.45, 7) is 0.156. The maximum atomic E-state index is 12.4. The van der Waals surface area contributed by atoms with Crippen molar-refractivity contribution in [2.45, 2.75) is 18.3 Å². The Labute approximate surface area is 202 Å². The van der Waals surface area contributed by atoms with Gasteiger partial charge >= 0.3 is 12.1 Å². The number of benzene rings is 1. The number of halogens is 3. The highest BCUT2D eigenvalue weighted by atomic mass is 32.2. The highest BCUT2D eigenvalue weighted by molar-refractivity contribution is 7.91. The Morgan fingerprint density at radius 1 is 1.14 bits per heavy atom. The van der Waals surface area contributed by atoms with E-state index < -0.39 is 33.6 Å². The van der Waals surface area contributed by atoms with Crippen LogP contribution in [0.5, 0.6) is 0 Å². The number of rotatable bonds is 10. The molecule has 0 spiro atoms. The lowest BCUT2D eigenvalue weighted by Crippen LogP contribution is -2.30. The molecule has 0 unspecified atom stereocenters. The van der Waals surface area contributed by atoms with E-state index in [9.17, 15) is 31.2 Å². The highest BCUT2D eigenvalue weighted by Gasteiger charge is 2.38. The third kappa shape index (κ3) is 11.7. The number of guanidine groups is 1. The number of H-pyrrole nitrogens is 1. The molecular weight excluding hydrogens is 513 g/mol. The fraction of sp³-hybridized carbons (Fsp3) is 0.263. The molecule has 0 bridgehead atoms. The third-order valence-corrected chi connectivity index (χ3v) is 5.01. The first kappa shape index (κ1) is 29.8. The van der Waals surface area contributed by atoms with Crippen molar-refractivity contribution in [1.82, 2.24) is 10.3 Å². The Bertz CT molecular complexity index is 1210. The average molecular weight is 536 g/mol. The molecule has 1 heterocycles. The maximum Gasteiger partial charge on any atom is 0.490 e. The van der Waals surface area contributed by atoms with Gasteiger partial charge in [-0.2, -0.15) is 13.2 Å². The van der Waals surface area contributed by atoms with Gasteiger partial charge in [-0.1, -0.05) is 30.3 Å². The SMILES string of the molecule is NC(N)=NOCCNC(=O)Cc1cc[nH]c(=O)c1NS(=O)(=O)Cc1ccccc1.O=C(O)C(F)(F)F. The molecular formula is C19H23F3N6O7S. The van der Waals surface area contributed by atoms with Gasteiger partial charge in [0, 0.05) is 6.20 Å². The first-order valence-electron chi connectivity index (χ1n) is 9.74. The summed E-state index contributed by atoms with van der Waals surface area (Å²) in [5, 5.41) is 13.0. The van der Waals surface area contributed by atoms with Crippen LogP contribution >= 0.6 is 0 Å². The predicted octanol–water partition coefficient (Wildman–Crippen LogP) is -0.186. The number of aromatic amines is 1. The average Bonchev–Trinajstić information content (AvgIpc) is 2.76. The van der Waals surface area contributed by atoms with Gasteiger partial charge in [0.15, 0.2) is 0 Å². The third-order valence-electron chi connectivity index (χ3n) is 3.78. The number of amides is 1. The van der Waals surface area contributed by atoms with E-state index in [1.165, 1.54) is 12.3 Å². The number of nitrogens with two attached hydrogens (primary N) is 2. The molecule has 1 aromatic heterocycles. The largest absolute Gasteiger partial charge is 0.490 e. The minimum absolute atomic E-state index is 0.0373. The van der Waals surface area contributed by atoms with Gasteiger partial charge in [0.1, 0.15) is 12.3 Å². The van der Waals surface area contributed by atoms with Gasteiger partial charge in [0.05, 0.1) is 18.7 Å². The lowest BCUT2D eigenvalue weighted by molar-refractivity contribution is -0.192.